The molecule has 0 radical (unpaired) electrons. The summed E-state index contributed by atoms with van der Waals surface area (Å²) >= 11 is 7.75. The van der Waals surface area contributed by atoms with Crippen LogP contribution in [-0.4, -0.2) is 9.38 Å². The average Bonchev–Trinajstić information content (AvgIpc) is 2.47. The van der Waals surface area contributed by atoms with Gasteiger partial charge in [-0.3, -0.25) is 0 Å². The van der Waals surface area contributed by atoms with Crippen LogP contribution in [0.5, 0.6) is 0 Å². The lowest BCUT2D eigenvalue weighted by molar-refractivity contribution is 0.675. The highest BCUT2D eigenvalue weighted by atomic mass is 79.9. The first kappa shape index (κ1) is 10.0. The monoisotopic (exact) mass is 271 g/mol. The Balaban J connectivity index is 2.76. The number of fused-ring (bicyclic) bond motifs is 1. The van der Waals surface area contributed by atoms with E-state index < -0.39 is 4.87 Å². The zero-order valence-corrected chi connectivity index (χ0v) is 10.1. The molecular weight excluding hydrogens is 262 g/mol. The van der Waals surface area contributed by atoms with Crippen LogP contribution in [0.3, 0.4) is 0 Å². The second-order valence-corrected chi connectivity index (χ2v) is 5.12. The summed E-state index contributed by atoms with van der Waals surface area (Å²) in [6.45, 7) is 1.81. The van der Waals surface area contributed by atoms with Crippen LogP contribution in [0.15, 0.2) is 29.0 Å². The number of nitrogens with two attached hydrogens (primary N) is 1. The van der Waals surface area contributed by atoms with Crippen LogP contribution in [0.2, 0.25) is 0 Å². The quantitative estimate of drug-likeness (QED) is 0.617. The molecule has 3 nitrogen and oxygen atoms in total. The van der Waals surface area contributed by atoms with Gasteiger partial charge in [-0.2, -0.15) is 0 Å². The largest absolute Gasteiger partial charge is 0.311 e. The number of aromatic nitrogens is 2. The van der Waals surface area contributed by atoms with Crippen molar-refractivity contribution in [1.29, 1.82) is 0 Å². The van der Waals surface area contributed by atoms with E-state index in [1.165, 1.54) is 0 Å². The average molecular weight is 272 g/mol. The lowest BCUT2D eigenvalue weighted by Gasteiger charge is -2.15. The smallest absolute Gasteiger partial charge is 0.143 e. The second kappa shape index (κ2) is 3.25. The number of pyridine rings is 1. The zero-order chi connectivity index (χ0) is 10.3. The lowest BCUT2D eigenvalue weighted by atomic mass is 10.3. The van der Waals surface area contributed by atoms with Crippen molar-refractivity contribution in [2.75, 3.05) is 0 Å². The molecule has 0 saturated carbocycles. The maximum Gasteiger partial charge on any atom is 0.143 e. The predicted molar refractivity (Wildman–Crippen MR) is 63.4 cm³/mol. The molecule has 0 aromatic carbocycles. The molecule has 1 atom stereocenters. The lowest BCUT2D eigenvalue weighted by Crippen LogP contribution is -2.28. The molecule has 2 aromatic heterocycles. The fourth-order valence-electron chi connectivity index (χ4n) is 1.36. The van der Waals surface area contributed by atoms with Gasteiger partial charge in [0.15, 0.2) is 0 Å². The Hall–Kier alpha value is -0.520. The third-order valence-corrected chi connectivity index (χ3v) is 2.84. The number of rotatable bonds is 1. The molecule has 0 fully saturated rings. The molecule has 0 bridgehead atoms. The van der Waals surface area contributed by atoms with Crippen LogP contribution in [-0.2, 0) is 4.87 Å². The Morgan fingerprint density at radius 3 is 3.00 bits per heavy atom. The minimum Gasteiger partial charge on any atom is -0.311 e. The van der Waals surface area contributed by atoms with Gasteiger partial charge in [-0.15, -0.1) is 12.6 Å². The van der Waals surface area contributed by atoms with Crippen molar-refractivity contribution in [2.45, 2.75) is 11.8 Å². The summed E-state index contributed by atoms with van der Waals surface area (Å²) in [6, 6.07) is 3.90. The molecule has 0 aliphatic heterocycles. The van der Waals surface area contributed by atoms with Gasteiger partial charge in [0, 0.05) is 10.7 Å². The van der Waals surface area contributed by atoms with E-state index in [4.69, 9.17) is 5.73 Å². The molecule has 2 aromatic rings. The highest BCUT2D eigenvalue weighted by Gasteiger charge is 2.21. The molecule has 2 heterocycles. The number of imidazole rings is 1. The van der Waals surface area contributed by atoms with Crippen molar-refractivity contribution in [3.63, 3.8) is 0 Å². The van der Waals surface area contributed by atoms with Crippen LogP contribution < -0.4 is 5.73 Å². The number of thiol groups is 1. The SMILES string of the molecule is CC(N)(S)c1ncc2c(Br)cccn12. The summed E-state index contributed by atoms with van der Waals surface area (Å²) in [5.74, 6) is 0.733. The van der Waals surface area contributed by atoms with Gasteiger partial charge in [-0.25, -0.2) is 4.98 Å². The maximum absolute atomic E-state index is 5.88. The zero-order valence-electron chi connectivity index (χ0n) is 7.61. The molecular formula is C9H10BrN3S. The van der Waals surface area contributed by atoms with E-state index in [2.05, 4.69) is 33.5 Å². The molecule has 2 N–H and O–H groups in total. The number of halogens is 1. The van der Waals surface area contributed by atoms with Crippen molar-refractivity contribution in [2.24, 2.45) is 5.73 Å². The molecule has 0 aliphatic carbocycles. The van der Waals surface area contributed by atoms with Crippen LogP contribution in [0.25, 0.3) is 5.52 Å². The Kier molecular flexibility index (Phi) is 2.33. The highest BCUT2D eigenvalue weighted by molar-refractivity contribution is 9.10. The van der Waals surface area contributed by atoms with Gasteiger partial charge in [0.25, 0.3) is 0 Å². The van der Waals surface area contributed by atoms with Gasteiger partial charge < -0.3 is 10.1 Å². The van der Waals surface area contributed by atoms with Crippen molar-refractivity contribution in [3.05, 3.63) is 34.8 Å². The Labute approximate surface area is 95.9 Å². The van der Waals surface area contributed by atoms with E-state index >= 15 is 0 Å². The summed E-state index contributed by atoms with van der Waals surface area (Å²) in [4.78, 5) is 3.53. The Bertz CT molecular complexity index is 472. The minimum absolute atomic E-state index is 0.729. The molecule has 1 unspecified atom stereocenters. The van der Waals surface area contributed by atoms with Crippen LogP contribution in [0.4, 0.5) is 0 Å². The van der Waals surface area contributed by atoms with Gasteiger partial charge in [0.2, 0.25) is 0 Å². The summed E-state index contributed by atoms with van der Waals surface area (Å²) in [6.07, 6.45) is 3.70. The molecule has 74 valence electrons. The van der Waals surface area contributed by atoms with E-state index in [-0.39, 0.29) is 0 Å². The van der Waals surface area contributed by atoms with Gasteiger partial charge >= 0.3 is 0 Å². The van der Waals surface area contributed by atoms with Gasteiger partial charge in [0.1, 0.15) is 10.7 Å². The summed E-state index contributed by atoms with van der Waals surface area (Å²) in [7, 11) is 0. The van der Waals surface area contributed by atoms with Gasteiger partial charge in [0.05, 0.1) is 11.7 Å². The van der Waals surface area contributed by atoms with Crippen molar-refractivity contribution < 1.29 is 0 Å². The van der Waals surface area contributed by atoms with Gasteiger partial charge in [-0.1, -0.05) is 0 Å². The highest BCUT2D eigenvalue weighted by Crippen LogP contribution is 2.25. The first-order valence-electron chi connectivity index (χ1n) is 4.13. The van der Waals surface area contributed by atoms with Crippen molar-refractivity contribution in [3.8, 4) is 0 Å². The van der Waals surface area contributed by atoms with Gasteiger partial charge in [-0.05, 0) is 35.0 Å². The predicted octanol–water partition coefficient (Wildman–Crippen LogP) is 2.16. The molecule has 5 heteroatoms. The summed E-state index contributed by atoms with van der Waals surface area (Å²) in [5.41, 5.74) is 6.88. The van der Waals surface area contributed by atoms with Crippen LogP contribution >= 0.6 is 28.6 Å². The van der Waals surface area contributed by atoms with E-state index in [0.717, 1.165) is 15.8 Å². The molecule has 0 saturated heterocycles. The van der Waals surface area contributed by atoms with E-state index in [9.17, 15) is 0 Å². The molecule has 0 amide bonds. The number of nitrogens with zero attached hydrogens (tertiary/aromatic N) is 2. The number of hydrogen-bond donors (Lipinski definition) is 2. The number of hydrogen-bond acceptors (Lipinski definition) is 3. The topological polar surface area (TPSA) is 43.3 Å². The van der Waals surface area contributed by atoms with E-state index in [1.54, 1.807) is 6.20 Å². The first-order valence-corrected chi connectivity index (χ1v) is 5.37. The van der Waals surface area contributed by atoms with Crippen molar-refractivity contribution >= 4 is 34.1 Å². The van der Waals surface area contributed by atoms with Crippen molar-refractivity contribution in [1.82, 2.24) is 9.38 Å². The third kappa shape index (κ3) is 1.55. The molecule has 0 aliphatic rings. The molecule has 14 heavy (non-hydrogen) atoms. The Morgan fingerprint density at radius 2 is 2.36 bits per heavy atom. The van der Waals surface area contributed by atoms with E-state index in [1.807, 2.05) is 29.7 Å². The van der Waals surface area contributed by atoms with E-state index in [0.29, 0.717) is 0 Å². The van der Waals surface area contributed by atoms with Crippen LogP contribution in [0, 0.1) is 0 Å². The standard InChI is InChI=1S/C9H10BrN3S/c1-9(11,14)8-12-5-7-6(10)3-2-4-13(7)8/h2-5,14H,11H2,1H3. The normalized spacial score (nSPS) is 15.7. The third-order valence-electron chi connectivity index (χ3n) is 1.97. The first-order chi connectivity index (χ1) is 6.50. The minimum atomic E-state index is -0.729. The second-order valence-electron chi connectivity index (χ2n) is 3.34. The Morgan fingerprint density at radius 1 is 1.64 bits per heavy atom. The molecule has 2 rings (SSSR count). The fraction of sp³-hybridized carbons (Fsp3) is 0.222. The van der Waals surface area contributed by atoms with Crippen LogP contribution in [0.1, 0.15) is 12.7 Å². The summed E-state index contributed by atoms with van der Waals surface area (Å²) in [5, 5.41) is 0. The summed E-state index contributed by atoms with van der Waals surface area (Å²) < 4.78 is 2.92. The molecule has 0 spiro atoms. The fourth-order valence-corrected chi connectivity index (χ4v) is 1.97. The maximum atomic E-state index is 5.88.